The normalized spacial score (nSPS) is 11.9. The third-order valence-electron chi connectivity index (χ3n) is 3.92. The van der Waals surface area contributed by atoms with Crippen molar-refractivity contribution in [1.29, 1.82) is 5.26 Å². The SMILES string of the molecule is CSc1nc(CCNC(=NCCNS(=O)(=O)c2ccc(C)cc2)NC#N)[nH]c1C. The largest absolute Gasteiger partial charge is 0.355 e. The number of imidazole rings is 1. The van der Waals surface area contributed by atoms with Gasteiger partial charge in [-0.15, -0.1) is 11.8 Å². The van der Waals surface area contributed by atoms with E-state index in [-0.39, 0.29) is 23.9 Å². The van der Waals surface area contributed by atoms with Crippen LogP contribution in [0, 0.1) is 25.3 Å². The summed E-state index contributed by atoms with van der Waals surface area (Å²) < 4.78 is 27.0. The van der Waals surface area contributed by atoms with Crippen LogP contribution >= 0.6 is 11.8 Å². The van der Waals surface area contributed by atoms with Gasteiger partial charge in [-0.05, 0) is 32.2 Å². The van der Waals surface area contributed by atoms with Gasteiger partial charge in [-0.1, -0.05) is 17.7 Å². The lowest BCUT2D eigenvalue weighted by Gasteiger charge is -2.08. The summed E-state index contributed by atoms with van der Waals surface area (Å²) in [6.07, 6.45) is 4.42. The Hall–Kier alpha value is -2.55. The number of guanidine groups is 1. The van der Waals surface area contributed by atoms with Gasteiger partial charge in [-0.25, -0.2) is 18.1 Å². The van der Waals surface area contributed by atoms with Crippen molar-refractivity contribution in [3.63, 3.8) is 0 Å². The van der Waals surface area contributed by atoms with E-state index < -0.39 is 10.0 Å². The van der Waals surface area contributed by atoms with E-state index in [9.17, 15) is 8.42 Å². The number of nitrogens with zero attached hydrogens (tertiary/aromatic N) is 3. The first-order valence-corrected chi connectivity index (χ1v) is 11.7. The number of aryl methyl sites for hydroxylation is 2. The smallest absolute Gasteiger partial charge is 0.240 e. The maximum atomic E-state index is 12.2. The van der Waals surface area contributed by atoms with Crippen LogP contribution < -0.4 is 15.4 Å². The van der Waals surface area contributed by atoms with E-state index in [0.717, 1.165) is 22.1 Å². The Labute approximate surface area is 175 Å². The van der Waals surface area contributed by atoms with Gasteiger partial charge in [0.25, 0.3) is 0 Å². The lowest BCUT2D eigenvalue weighted by molar-refractivity contribution is 0.582. The molecule has 29 heavy (non-hydrogen) atoms. The molecule has 0 fully saturated rings. The van der Waals surface area contributed by atoms with Gasteiger partial charge < -0.3 is 10.3 Å². The molecule has 4 N–H and O–H groups in total. The maximum Gasteiger partial charge on any atom is 0.240 e. The molecule has 0 aliphatic rings. The molecule has 0 aliphatic carbocycles. The summed E-state index contributed by atoms with van der Waals surface area (Å²) in [5, 5.41) is 15.3. The number of aliphatic imine (C=N–C) groups is 1. The highest BCUT2D eigenvalue weighted by atomic mass is 32.2. The molecule has 2 aromatic rings. The monoisotopic (exact) mass is 435 g/mol. The van der Waals surface area contributed by atoms with Crippen molar-refractivity contribution in [3.8, 4) is 6.19 Å². The van der Waals surface area contributed by atoms with Gasteiger partial charge in [0.05, 0.1) is 11.4 Å². The fourth-order valence-corrected chi connectivity index (χ4v) is 4.04. The zero-order valence-electron chi connectivity index (χ0n) is 16.6. The molecule has 2 rings (SSSR count). The molecular formula is C18H25N7O2S2. The van der Waals surface area contributed by atoms with Crippen molar-refractivity contribution in [2.45, 2.75) is 30.2 Å². The van der Waals surface area contributed by atoms with E-state index in [1.165, 1.54) is 0 Å². The third kappa shape index (κ3) is 7.08. The van der Waals surface area contributed by atoms with Crippen LogP contribution in [0.2, 0.25) is 0 Å². The van der Waals surface area contributed by atoms with Crippen molar-refractivity contribution < 1.29 is 8.42 Å². The number of sulfonamides is 1. The van der Waals surface area contributed by atoms with Crippen LogP contribution in [0.15, 0.2) is 39.2 Å². The molecule has 156 valence electrons. The second-order valence-corrected chi connectivity index (χ2v) is 8.73. The van der Waals surface area contributed by atoms with E-state index in [0.29, 0.717) is 13.0 Å². The number of hydrogen-bond acceptors (Lipinski definition) is 6. The molecule has 1 aromatic carbocycles. The maximum absolute atomic E-state index is 12.2. The first-order valence-electron chi connectivity index (χ1n) is 8.95. The van der Waals surface area contributed by atoms with E-state index in [2.05, 4.69) is 30.3 Å². The molecule has 0 saturated carbocycles. The minimum Gasteiger partial charge on any atom is -0.355 e. The van der Waals surface area contributed by atoms with Gasteiger partial charge in [-0.2, -0.15) is 5.26 Å². The summed E-state index contributed by atoms with van der Waals surface area (Å²) in [5.41, 5.74) is 2.01. The number of thioether (sulfide) groups is 1. The Balaban J connectivity index is 1.83. The fraction of sp³-hybridized carbons (Fsp3) is 0.389. The number of aromatic amines is 1. The second-order valence-electron chi connectivity index (χ2n) is 6.17. The van der Waals surface area contributed by atoms with Crippen molar-refractivity contribution >= 4 is 27.7 Å². The predicted octanol–water partition coefficient (Wildman–Crippen LogP) is 1.29. The molecule has 0 saturated heterocycles. The van der Waals surface area contributed by atoms with E-state index >= 15 is 0 Å². The van der Waals surface area contributed by atoms with Gasteiger partial charge in [-0.3, -0.25) is 10.3 Å². The highest BCUT2D eigenvalue weighted by Crippen LogP contribution is 2.16. The zero-order valence-corrected chi connectivity index (χ0v) is 18.2. The Morgan fingerprint density at radius 3 is 2.62 bits per heavy atom. The number of benzene rings is 1. The van der Waals surface area contributed by atoms with Crippen LogP contribution in [0.4, 0.5) is 0 Å². The lowest BCUT2D eigenvalue weighted by atomic mass is 10.2. The standard InChI is InChI=1S/C18H25N7O2S2/c1-13-4-6-15(7-5-13)29(26,27)23-11-10-21-18(22-12-19)20-9-8-16-24-14(2)17(25-16)28-3/h4-7,23H,8-11H2,1-3H3,(H,24,25)(H2,20,21,22). The van der Waals surface area contributed by atoms with Crippen LogP contribution in [0.3, 0.4) is 0 Å². The van der Waals surface area contributed by atoms with E-state index in [1.807, 2.05) is 26.3 Å². The zero-order chi connectivity index (χ0) is 21.3. The predicted molar refractivity (Wildman–Crippen MR) is 114 cm³/mol. The average Bonchev–Trinajstić information content (AvgIpc) is 3.05. The quantitative estimate of drug-likeness (QED) is 0.116. The number of aromatic nitrogens is 2. The molecule has 0 aliphatic heterocycles. The highest BCUT2D eigenvalue weighted by molar-refractivity contribution is 7.98. The van der Waals surface area contributed by atoms with Gasteiger partial charge in [0.15, 0.2) is 6.19 Å². The number of nitrogens with one attached hydrogen (secondary N) is 4. The molecule has 9 nitrogen and oxygen atoms in total. The van der Waals surface area contributed by atoms with E-state index in [1.54, 1.807) is 36.0 Å². The lowest BCUT2D eigenvalue weighted by Crippen LogP contribution is -2.37. The summed E-state index contributed by atoms with van der Waals surface area (Å²) >= 11 is 1.58. The molecule has 1 heterocycles. The fourth-order valence-electron chi connectivity index (χ4n) is 2.46. The summed E-state index contributed by atoms with van der Waals surface area (Å²) in [7, 11) is -3.58. The summed E-state index contributed by atoms with van der Waals surface area (Å²) in [5.74, 6) is 1.14. The topological polar surface area (TPSA) is 135 Å². The van der Waals surface area contributed by atoms with Gasteiger partial charge in [0.1, 0.15) is 10.9 Å². The molecule has 0 spiro atoms. The molecule has 0 atom stereocenters. The number of nitriles is 1. The van der Waals surface area contributed by atoms with Crippen LogP contribution in [-0.4, -0.2) is 50.2 Å². The van der Waals surface area contributed by atoms with Gasteiger partial charge in [0, 0.05) is 25.2 Å². The van der Waals surface area contributed by atoms with E-state index in [4.69, 9.17) is 5.26 Å². The number of hydrogen-bond donors (Lipinski definition) is 4. The minimum atomic E-state index is -3.58. The van der Waals surface area contributed by atoms with Gasteiger partial charge in [0.2, 0.25) is 16.0 Å². The van der Waals surface area contributed by atoms with Crippen molar-refractivity contribution in [2.24, 2.45) is 4.99 Å². The summed E-state index contributed by atoms with van der Waals surface area (Å²) in [6, 6.07) is 6.61. The molecule has 11 heteroatoms. The number of rotatable bonds is 9. The summed E-state index contributed by atoms with van der Waals surface area (Å²) in [4.78, 5) is 12.1. The van der Waals surface area contributed by atoms with Crippen LogP contribution in [0.5, 0.6) is 0 Å². The highest BCUT2D eigenvalue weighted by Gasteiger charge is 2.12. The van der Waals surface area contributed by atoms with Crippen molar-refractivity contribution in [2.75, 3.05) is 25.9 Å². The molecule has 0 unspecified atom stereocenters. The van der Waals surface area contributed by atoms with Crippen LogP contribution in [0.25, 0.3) is 0 Å². The molecule has 0 radical (unpaired) electrons. The summed E-state index contributed by atoms with van der Waals surface area (Å²) in [6.45, 7) is 4.67. The Morgan fingerprint density at radius 1 is 1.28 bits per heavy atom. The van der Waals surface area contributed by atoms with Crippen LogP contribution in [-0.2, 0) is 16.4 Å². The Bertz CT molecular complexity index is 977. The molecule has 0 amide bonds. The molecule has 0 bridgehead atoms. The first kappa shape index (κ1) is 22.7. The Morgan fingerprint density at radius 2 is 2.00 bits per heavy atom. The van der Waals surface area contributed by atoms with Crippen LogP contribution in [0.1, 0.15) is 17.1 Å². The molecular weight excluding hydrogens is 410 g/mol. The average molecular weight is 436 g/mol. The second kappa shape index (κ2) is 10.8. The van der Waals surface area contributed by atoms with Gasteiger partial charge >= 0.3 is 0 Å². The van der Waals surface area contributed by atoms with Crippen molar-refractivity contribution in [3.05, 3.63) is 41.3 Å². The third-order valence-corrected chi connectivity index (χ3v) is 6.18. The minimum absolute atomic E-state index is 0.114. The Kier molecular flexibility index (Phi) is 8.50. The first-order chi connectivity index (χ1) is 13.9. The number of H-pyrrole nitrogens is 1. The van der Waals surface area contributed by atoms with Crippen molar-refractivity contribution in [1.82, 2.24) is 25.3 Å². The molecule has 1 aromatic heterocycles.